The molecule has 35 heavy (non-hydrogen) atoms. The molecule has 0 unspecified atom stereocenters. The number of alkyl halides is 2. The summed E-state index contributed by atoms with van der Waals surface area (Å²) in [7, 11) is 0. The second-order valence-corrected chi connectivity index (χ2v) is 9.11. The highest BCUT2D eigenvalue weighted by Gasteiger charge is 2.31. The number of benzene rings is 3. The number of nitrogens with zero attached hydrogens (tertiary/aromatic N) is 1. The number of fused-ring (bicyclic) bond motifs is 1. The van der Waals surface area contributed by atoms with Crippen LogP contribution < -0.4 is 20.2 Å². The zero-order valence-corrected chi connectivity index (χ0v) is 19.3. The molecule has 2 aliphatic heterocycles. The molecule has 0 fully saturated rings. The molecule has 8 heteroatoms. The van der Waals surface area contributed by atoms with Crippen LogP contribution in [0.2, 0.25) is 0 Å². The SMILES string of the molecule is CC1(C)Cc2cc(NC(=O)N3CC(c4ccccc4)=C(c4ccc(OC(F)F)cc4)N3)ccc2O1. The van der Waals surface area contributed by atoms with Crippen molar-refractivity contribution in [2.24, 2.45) is 0 Å². The monoisotopic (exact) mass is 477 g/mol. The first kappa shape index (κ1) is 22.7. The summed E-state index contributed by atoms with van der Waals surface area (Å²) in [5.74, 6) is 0.906. The third-order valence-electron chi connectivity index (χ3n) is 5.91. The van der Waals surface area contributed by atoms with E-state index in [0.29, 0.717) is 12.2 Å². The third-order valence-corrected chi connectivity index (χ3v) is 5.91. The van der Waals surface area contributed by atoms with E-state index < -0.39 is 6.61 Å². The van der Waals surface area contributed by atoms with Gasteiger partial charge in [-0.25, -0.2) is 9.80 Å². The molecule has 2 N–H and O–H groups in total. The highest BCUT2D eigenvalue weighted by Crippen LogP contribution is 2.37. The molecule has 3 aromatic carbocycles. The van der Waals surface area contributed by atoms with Crippen molar-refractivity contribution in [3.8, 4) is 11.5 Å². The van der Waals surface area contributed by atoms with Gasteiger partial charge in [-0.3, -0.25) is 5.43 Å². The van der Waals surface area contributed by atoms with Gasteiger partial charge in [0.1, 0.15) is 17.1 Å². The Kier molecular flexibility index (Phi) is 5.80. The van der Waals surface area contributed by atoms with E-state index in [9.17, 15) is 13.6 Å². The van der Waals surface area contributed by atoms with Gasteiger partial charge in [0.15, 0.2) is 0 Å². The first-order chi connectivity index (χ1) is 16.8. The molecule has 0 spiro atoms. The molecule has 6 nitrogen and oxygen atoms in total. The summed E-state index contributed by atoms with van der Waals surface area (Å²) in [5, 5.41) is 4.45. The molecule has 0 saturated carbocycles. The molecule has 2 amide bonds. The van der Waals surface area contributed by atoms with Crippen LogP contribution in [0.25, 0.3) is 11.3 Å². The van der Waals surface area contributed by atoms with E-state index in [1.54, 1.807) is 12.1 Å². The van der Waals surface area contributed by atoms with Crippen LogP contribution in [0, 0.1) is 0 Å². The van der Waals surface area contributed by atoms with Crippen molar-refractivity contribution in [3.63, 3.8) is 0 Å². The lowest BCUT2D eigenvalue weighted by Gasteiger charge is -2.19. The Morgan fingerprint density at radius 1 is 1.06 bits per heavy atom. The summed E-state index contributed by atoms with van der Waals surface area (Å²) in [6.07, 6.45) is 0.767. The molecule has 0 aromatic heterocycles. The molecule has 5 rings (SSSR count). The highest BCUT2D eigenvalue weighted by atomic mass is 19.3. The zero-order valence-electron chi connectivity index (χ0n) is 19.3. The fourth-order valence-electron chi connectivity index (χ4n) is 4.40. The van der Waals surface area contributed by atoms with Crippen LogP contribution in [0.1, 0.15) is 30.5 Å². The maximum absolute atomic E-state index is 13.2. The number of nitrogens with one attached hydrogen (secondary N) is 2. The minimum atomic E-state index is -2.89. The maximum atomic E-state index is 13.2. The molecule has 0 saturated heterocycles. The van der Waals surface area contributed by atoms with E-state index in [0.717, 1.165) is 40.1 Å². The Balaban J connectivity index is 1.36. The van der Waals surface area contributed by atoms with Crippen LogP contribution in [-0.4, -0.2) is 29.8 Å². The van der Waals surface area contributed by atoms with Gasteiger partial charge in [-0.1, -0.05) is 30.3 Å². The number of hydrogen-bond donors (Lipinski definition) is 2. The lowest BCUT2D eigenvalue weighted by molar-refractivity contribution is -0.0498. The molecule has 2 heterocycles. The second-order valence-electron chi connectivity index (χ2n) is 9.11. The molecule has 3 aromatic rings. The van der Waals surface area contributed by atoms with E-state index >= 15 is 0 Å². The summed E-state index contributed by atoms with van der Waals surface area (Å²) in [6, 6.07) is 21.4. The quantitative estimate of drug-likeness (QED) is 0.479. The number of hydrazine groups is 1. The first-order valence-electron chi connectivity index (χ1n) is 11.3. The lowest BCUT2D eigenvalue weighted by atomic mass is 10.0. The summed E-state index contributed by atoms with van der Waals surface area (Å²) < 4.78 is 35.4. The lowest BCUT2D eigenvalue weighted by Crippen LogP contribution is -2.40. The molecule has 0 radical (unpaired) electrons. The smallest absolute Gasteiger partial charge is 0.387 e. The van der Waals surface area contributed by atoms with E-state index in [4.69, 9.17) is 4.74 Å². The van der Waals surface area contributed by atoms with Crippen molar-refractivity contribution >= 4 is 23.0 Å². The molecule has 0 aliphatic carbocycles. The summed E-state index contributed by atoms with van der Waals surface area (Å²) in [6.45, 7) is 1.50. The van der Waals surface area contributed by atoms with Crippen molar-refractivity contribution in [1.29, 1.82) is 0 Å². The van der Waals surface area contributed by atoms with Gasteiger partial charge >= 0.3 is 12.6 Å². The van der Waals surface area contributed by atoms with Crippen LogP contribution >= 0.6 is 0 Å². The van der Waals surface area contributed by atoms with Gasteiger partial charge in [-0.2, -0.15) is 8.78 Å². The van der Waals surface area contributed by atoms with E-state index in [2.05, 4.69) is 15.5 Å². The molecule has 180 valence electrons. The van der Waals surface area contributed by atoms with E-state index in [1.807, 2.05) is 62.4 Å². The highest BCUT2D eigenvalue weighted by molar-refractivity contribution is 5.98. The van der Waals surface area contributed by atoms with Gasteiger partial charge in [0.25, 0.3) is 0 Å². The van der Waals surface area contributed by atoms with Crippen LogP contribution in [0.4, 0.5) is 19.3 Å². The van der Waals surface area contributed by atoms with Gasteiger partial charge in [0, 0.05) is 28.8 Å². The first-order valence-corrected chi connectivity index (χ1v) is 11.3. The van der Waals surface area contributed by atoms with Crippen LogP contribution in [0.5, 0.6) is 11.5 Å². The Hall–Kier alpha value is -4.07. The molecule has 2 aliphatic rings. The molecule has 0 bridgehead atoms. The topological polar surface area (TPSA) is 62.8 Å². The fourth-order valence-corrected chi connectivity index (χ4v) is 4.40. The van der Waals surface area contributed by atoms with Crippen LogP contribution in [0.15, 0.2) is 72.8 Å². The summed E-state index contributed by atoms with van der Waals surface area (Å²) >= 11 is 0. The van der Waals surface area contributed by atoms with Gasteiger partial charge in [-0.05, 0) is 61.9 Å². The largest absolute Gasteiger partial charge is 0.487 e. The number of ether oxygens (including phenoxy) is 2. The van der Waals surface area contributed by atoms with Gasteiger partial charge < -0.3 is 14.8 Å². The average Bonchev–Trinajstić information content (AvgIpc) is 3.39. The normalized spacial score (nSPS) is 16.1. The van der Waals surface area contributed by atoms with E-state index in [-0.39, 0.29) is 17.4 Å². The Morgan fingerprint density at radius 3 is 2.51 bits per heavy atom. The van der Waals surface area contributed by atoms with Crippen molar-refractivity contribution in [3.05, 3.63) is 89.5 Å². The van der Waals surface area contributed by atoms with Gasteiger partial charge in [0.2, 0.25) is 0 Å². The van der Waals surface area contributed by atoms with Gasteiger partial charge in [0.05, 0.1) is 12.2 Å². The minimum absolute atomic E-state index is 0.0713. The van der Waals surface area contributed by atoms with Crippen molar-refractivity contribution in [1.82, 2.24) is 10.4 Å². The third kappa shape index (κ3) is 4.91. The van der Waals surface area contributed by atoms with Crippen LogP contribution in [0.3, 0.4) is 0 Å². The Bertz CT molecular complexity index is 1270. The van der Waals surface area contributed by atoms with Crippen molar-refractivity contribution < 1.29 is 23.0 Å². The number of amides is 2. The number of hydrogen-bond acceptors (Lipinski definition) is 4. The van der Waals surface area contributed by atoms with Gasteiger partial charge in [-0.15, -0.1) is 0 Å². The average molecular weight is 478 g/mol. The molecular formula is C27H25F2N3O3. The van der Waals surface area contributed by atoms with Crippen molar-refractivity contribution in [2.75, 3.05) is 11.9 Å². The number of halogens is 2. The predicted octanol–water partition coefficient (Wildman–Crippen LogP) is 5.92. The summed E-state index contributed by atoms with van der Waals surface area (Å²) in [5.41, 5.74) is 7.99. The van der Waals surface area contributed by atoms with Crippen LogP contribution in [-0.2, 0) is 6.42 Å². The standard InChI is InChI=1S/C27H25F2N3O3/c1-27(2)15-19-14-20(10-13-23(19)35-27)30-26(33)32-16-22(17-6-4-3-5-7-17)24(31-32)18-8-11-21(12-9-18)34-25(28)29/h3-14,25,31H,15-16H2,1-2H3,(H,30,33). The zero-order chi connectivity index (χ0) is 24.6. The number of urea groups is 1. The minimum Gasteiger partial charge on any atom is -0.487 e. The Morgan fingerprint density at radius 2 is 1.80 bits per heavy atom. The molecular weight excluding hydrogens is 452 g/mol. The number of rotatable bonds is 5. The number of anilines is 1. The van der Waals surface area contributed by atoms with Crippen molar-refractivity contribution in [2.45, 2.75) is 32.5 Å². The fraction of sp³-hybridized carbons (Fsp3) is 0.222. The number of carbonyl (C=O) groups excluding carboxylic acids is 1. The maximum Gasteiger partial charge on any atom is 0.387 e. The predicted molar refractivity (Wildman–Crippen MR) is 130 cm³/mol. The van der Waals surface area contributed by atoms with E-state index in [1.165, 1.54) is 17.1 Å². The second kappa shape index (κ2) is 8.94. The Labute approximate surface area is 202 Å². The molecule has 0 atom stereocenters. The summed E-state index contributed by atoms with van der Waals surface area (Å²) in [4.78, 5) is 13.2. The number of carbonyl (C=O) groups is 1.